The zero-order valence-corrected chi connectivity index (χ0v) is 13.1. The van der Waals surface area contributed by atoms with Crippen LogP contribution < -0.4 is 0 Å². The zero-order chi connectivity index (χ0) is 15.6. The number of hydrogen-bond donors (Lipinski definition) is 0. The molecule has 0 radical (unpaired) electrons. The normalized spacial score (nSPS) is 20.0. The van der Waals surface area contributed by atoms with Gasteiger partial charge in [0.25, 0.3) is 0 Å². The van der Waals surface area contributed by atoms with E-state index in [0.717, 1.165) is 12.8 Å². The number of carbonyl (C=O) groups excluding carboxylic acids is 1. The van der Waals surface area contributed by atoms with E-state index >= 15 is 0 Å². The van der Waals surface area contributed by atoms with E-state index in [4.69, 9.17) is 16.9 Å². The predicted octanol–water partition coefficient (Wildman–Crippen LogP) is 2.34. The second-order valence-corrected chi connectivity index (χ2v) is 7.26. The van der Waals surface area contributed by atoms with Crippen molar-refractivity contribution in [1.82, 2.24) is 4.31 Å². The maximum atomic E-state index is 12.7. The molecule has 1 aliphatic rings. The van der Waals surface area contributed by atoms with E-state index < -0.39 is 16.1 Å². The summed E-state index contributed by atoms with van der Waals surface area (Å²) in [5.74, 6) is -0.164. The number of halogens is 1. The van der Waals surface area contributed by atoms with Crippen LogP contribution >= 0.6 is 11.6 Å². The van der Waals surface area contributed by atoms with Crippen molar-refractivity contribution in [2.75, 3.05) is 6.54 Å². The number of sulfonamides is 1. The topological polar surface area (TPSA) is 78.2 Å². The van der Waals surface area contributed by atoms with Gasteiger partial charge in [0.05, 0.1) is 22.7 Å². The summed E-state index contributed by atoms with van der Waals surface area (Å²) in [5, 5.41) is 8.81. The molecule has 0 aliphatic carbocycles. The number of nitriles is 1. The first-order chi connectivity index (χ1) is 9.87. The highest BCUT2D eigenvalue weighted by atomic mass is 35.5. The van der Waals surface area contributed by atoms with E-state index in [1.807, 2.05) is 6.07 Å². The molecule has 112 valence electrons. The summed E-state index contributed by atoms with van der Waals surface area (Å²) in [4.78, 5) is 11.6. The predicted molar refractivity (Wildman–Crippen MR) is 78.4 cm³/mol. The Hall–Kier alpha value is -1.42. The Balaban J connectivity index is 2.46. The van der Waals surface area contributed by atoms with E-state index in [2.05, 4.69) is 0 Å². The fraction of sp³-hybridized carbons (Fsp3) is 0.429. The molecule has 5 nitrogen and oxygen atoms in total. The van der Waals surface area contributed by atoms with Crippen LogP contribution in [-0.4, -0.2) is 31.1 Å². The van der Waals surface area contributed by atoms with Gasteiger partial charge in [-0.15, -0.1) is 0 Å². The van der Waals surface area contributed by atoms with Gasteiger partial charge in [-0.3, -0.25) is 4.79 Å². The molecule has 0 N–H and O–H groups in total. The van der Waals surface area contributed by atoms with Gasteiger partial charge in [-0.05, 0) is 38.0 Å². The lowest BCUT2D eigenvalue weighted by atomic mass is 10.0. The van der Waals surface area contributed by atoms with Gasteiger partial charge in [0.2, 0.25) is 10.0 Å². The number of rotatable bonds is 3. The molecule has 1 aromatic carbocycles. The van der Waals surface area contributed by atoms with E-state index in [1.165, 1.54) is 29.4 Å². The zero-order valence-electron chi connectivity index (χ0n) is 11.5. The van der Waals surface area contributed by atoms with Crippen LogP contribution in [0.3, 0.4) is 0 Å². The lowest BCUT2D eigenvalue weighted by Crippen LogP contribution is -2.47. The highest BCUT2D eigenvalue weighted by Crippen LogP contribution is 2.30. The molecular formula is C14H15ClN2O3S. The third-order valence-electron chi connectivity index (χ3n) is 3.57. The molecule has 1 atom stereocenters. The van der Waals surface area contributed by atoms with Crippen molar-refractivity contribution in [2.24, 2.45) is 0 Å². The van der Waals surface area contributed by atoms with Gasteiger partial charge in [0, 0.05) is 6.54 Å². The Morgan fingerprint density at radius 3 is 2.71 bits per heavy atom. The second kappa shape index (κ2) is 6.14. The van der Waals surface area contributed by atoms with E-state index in [-0.39, 0.29) is 15.7 Å². The van der Waals surface area contributed by atoms with Gasteiger partial charge in [-0.2, -0.15) is 9.57 Å². The number of carbonyl (C=O) groups is 1. The largest absolute Gasteiger partial charge is 0.298 e. The Morgan fingerprint density at radius 1 is 1.43 bits per heavy atom. The first-order valence-corrected chi connectivity index (χ1v) is 8.41. The van der Waals surface area contributed by atoms with Crippen LogP contribution in [0.15, 0.2) is 23.1 Å². The quantitative estimate of drug-likeness (QED) is 0.854. The first-order valence-electron chi connectivity index (χ1n) is 6.60. The smallest absolute Gasteiger partial charge is 0.245 e. The van der Waals surface area contributed by atoms with Crippen molar-refractivity contribution in [3.8, 4) is 6.07 Å². The summed E-state index contributed by atoms with van der Waals surface area (Å²) in [5.41, 5.74) is 0.292. The molecule has 7 heteroatoms. The average molecular weight is 327 g/mol. The molecule has 1 fully saturated rings. The first kappa shape index (κ1) is 16.0. The van der Waals surface area contributed by atoms with Crippen LogP contribution in [0.4, 0.5) is 0 Å². The fourth-order valence-electron chi connectivity index (χ4n) is 2.50. The van der Waals surface area contributed by atoms with Gasteiger partial charge in [0.1, 0.15) is 10.7 Å². The molecule has 1 aliphatic heterocycles. The van der Waals surface area contributed by atoms with Crippen molar-refractivity contribution in [3.05, 3.63) is 28.8 Å². The fourth-order valence-corrected chi connectivity index (χ4v) is 4.73. The van der Waals surface area contributed by atoms with E-state index in [1.54, 1.807) is 0 Å². The third-order valence-corrected chi connectivity index (χ3v) is 5.96. The summed E-state index contributed by atoms with van der Waals surface area (Å²) in [6.07, 6.45) is 2.08. The molecule has 1 heterocycles. The summed E-state index contributed by atoms with van der Waals surface area (Å²) in [6.45, 7) is 1.71. The number of benzene rings is 1. The Labute approximate surface area is 129 Å². The van der Waals surface area contributed by atoms with Crippen LogP contribution in [0.25, 0.3) is 0 Å². The Kier molecular flexibility index (Phi) is 4.67. The monoisotopic (exact) mass is 326 g/mol. The molecule has 2 rings (SSSR count). The average Bonchev–Trinajstić information content (AvgIpc) is 2.46. The molecule has 0 saturated carbocycles. The van der Waals surface area contributed by atoms with Crippen LogP contribution in [0.1, 0.15) is 31.7 Å². The highest BCUT2D eigenvalue weighted by molar-refractivity contribution is 7.89. The van der Waals surface area contributed by atoms with Crippen LogP contribution in [0.2, 0.25) is 5.02 Å². The Morgan fingerprint density at radius 2 is 2.14 bits per heavy atom. The lowest BCUT2D eigenvalue weighted by molar-refractivity contribution is -0.121. The minimum absolute atomic E-state index is 0.00178. The van der Waals surface area contributed by atoms with Gasteiger partial charge < -0.3 is 0 Å². The number of nitrogens with zero attached hydrogens (tertiary/aromatic N) is 2. The highest BCUT2D eigenvalue weighted by Gasteiger charge is 2.36. The second-order valence-electron chi connectivity index (χ2n) is 4.99. The molecule has 1 unspecified atom stereocenters. The minimum Gasteiger partial charge on any atom is -0.298 e. The standard InChI is InChI=1S/C14H15ClN2O3S/c1-10(18)13-4-2-3-7-17(13)21(19,20)14-6-5-11(9-16)8-12(14)15/h5-6,8,13H,2-4,7H2,1H3. The summed E-state index contributed by atoms with van der Waals surface area (Å²) < 4.78 is 26.7. The van der Waals surface area contributed by atoms with Crippen LogP contribution in [-0.2, 0) is 14.8 Å². The molecule has 0 spiro atoms. The maximum Gasteiger partial charge on any atom is 0.245 e. The van der Waals surface area contributed by atoms with Crippen LogP contribution in [0.5, 0.6) is 0 Å². The number of piperidine rings is 1. The van der Waals surface area contributed by atoms with Crippen molar-refractivity contribution >= 4 is 27.4 Å². The SMILES string of the molecule is CC(=O)C1CCCCN1S(=O)(=O)c1ccc(C#N)cc1Cl. The molecule has 0 bridgehead atoms. The van der Waals surface area contributed by atoms with Gasteiger partial charge in [0.15, 0.2) is 0 Å². The van der Waals surface area contributed by atoms with Crippen molar-refractivity contribution in [2.45, 2.75) is 37.1 Å². The molecular weight excluding hydrogens is 312 g/mol. The van der Waals surface area contributed by atoms with Gasteiger partial charge in [-0.25, -0.2) is 8.42 Å². The minimum atomic E-state index is -3.84. The third kappa shape index (κ3) is 3.10. The van der Waals surface area contributed by atoms with Gasteiger partial charge >= 0.3 is 0 Å². The number of ketones is 1. The van der Waals surface area contributed by atoms with Crippen molar-refractivity contribution in [1.29, 1.82) is 5.26 Å². The van der Waals surface area contributed by atoms with Crippen molar-refractivity contribution < 1.29 is 13.2 Å². The van der Waals surface area contributed by atoms with Gasteiger partial charge in [-0.1, -0.05) is 18.0 Å². The molecule has 21 heavy (non-hydrogen) atoms. The van der Waals surface area contributed by atoms with Crippen LogP contribution in [0, 0.1) is 11.3 Å². The summed E-state index contributed by atoms with van der Waals surface area (Å²) in [6, 6.07) is 5.33. The van der Waals surface area contributed by atoms with Crippen molar-refractivity contribution in [3.63, 3.8) is 0 Å². The lowest BCUT2D eigenvalue weighted by Gasteiger charge is -2.33. The molecule has 1 saturated heterocycles. The summed E-state index contributed by atoms with van der Waals surface area (Å²) >= 11 is 6.00. The van der Waals surface area contributed by atoms with E-state index in [0.29, 0.717) is 18.5 Å². The molecule has 0 amide bonds. The maximum absolute atomic E-state index is 12.7. The molecule has 1 aromatic rings. The molecule has 0 aromatic heterocycles. The Bertz CT molecular complexity index is 709. The number of Topliss-reactive ketones (excluding diaryl/α,β-unsaturated/α-hetero) is 1. The number of hydrogen-bond acceptors (Lipinski definition) is 4. The summed E-state index contributed by atoms with van der Waals surface area (Å²) in [7, 11) is -3.84. The van der Waals surface area contributed by atoms with E-state index in [9.17, 15) is 13.2 Å².